The maximum absolute atomic E-state index is 11.7. The molecule has 17 heavy (non-hydrogen) atoms. The largest absolute Gasteiger partial charge is 0.327 e. The first kappa shape index (κ1) is 13.7. The van der Waals surface area contributed by atoms with Crippen LogP contribution in [-0.2, 0) is 18.3 Å². The zero-order valence-electron chi connectivity index (χ0n) is 10.9. The Kier molecular flexibility index (Phi) is 5.15. The summed E-state index contributed by atoms with van der Waals surface area (Å²) in [7, 11) is 1.84. The first-order valence-corrected chi connectivity index (χ1v) is 6.14. The van der Waals surface area contributed by atoms with Crippen molar-refractivity contribution in [3.05, 3.63) is 11.9 Å². The molecule has 1 atom stereocenters. The number of rotatable bonds is 6. The highest BCUT2D eigenvalue weighted by molar-refractivity contribution is 5.91. The van der Waals surface area contributed by atoms with Crippen LogP contribution in [0.3, 0.4) is 0 Å². The quantitative estimate of drug-likeness (QED) is 0.787. The highest BCUT2D eigenvalue weighted by atomic mass is 16.1. The van der Waals surface area contributed by atoms with Crippen LogP contribution in [0, 0.1) is 0 Å². The number of amides is 1. The van der Waals surface area contributed by atoms with Gasteiger partial charge in [-0.15, -0.1) is 0 Å². The standard InChI is InChI=1S/C12H22N4O/c1-4-6-9(13)7-12(17)14-11-8-16(3)15-10(11)5-2/h8-9H,4-7,13H2,1-3H3,(H,14,17). The van der Waals surface area contributed by atoms with Crippen molar-refractivity contribution in [2.24, 2.45) is 12.8 Å². The highest BCUT2D eigenvalue weighted by Gasteiger charge is 2.12. The minimum atomic E-state index is -0.0539. The van der Waals surface area contributed by atoms with Gasteiger partial charge in [0.25, 0.3) is 0 Å². The number of hydrogen-bond acceptors (Lipinski definition) is 3. The molecule has 0 radical (unpaired) electrons. The summed E-state index contributed by atoms with van der Waals surface area (Å²) in [6.07, 6.45) is 4.87. The Bertz CT molecular complexity index is 373. The number of hydrogen-bond donors (Lipinski definition) is 2. The molecule has 96 valence electrons. The van der Waals surface area contributed by atoms with Crippen molar-refractivity contribution < 1.29 is 4.79 Å². The number of nitrogens with two attached hydrogens (primary N) is 1. The Morgan fingerprint density at radius 3 is 2.88 bits per heavy atom. The molecule has 1 unspecified atom stereocenters. The van der Waals surface area contributed by atoms with Gasteiger partial charge in [-0.05, 0) is 12.8 Å². The molecule has 0 aliphatic carbocycles. The van der Waals surface area contributed by atoms with E-state index >= 15 is 0 Å². The van der Waals surface area contributed by atoms with Crippen LogP contribution >= 0.6 is 0 Å². The van der Waals surface area contributed by atoms with E-state index in [0.717, 1.165) is 30.6 Å². The summed E-state index contributed by atoms with van der Waals surface area (Å²) < 4.78 is 1.71. The first-order valence-electron chi connectivity index (χ1n) is 6.14. The molecule has 0 spiro atoms. The molecule has 5 nitrogen and oxygen atoms in total. The van der Waals surface area contributed by atoms with E-state index in [1.54, 1.807) is 4.68 Å². The normalized spacial score (nSPS) is 12.5. The van der Waals surface area contributed by atoms with Gasteiger partial charge < -0.3 is 11.1 Å². The van der Waals surface area contributed by atoms with Gasteiger partial charge in [0.2, 0.25) is 5.91 Å². The monoisotopic (exact) mass is 238 g/mol. The van der Waals surface area contributed by atoms with E-state index in [1.165, 1.54) is 0 Å². The molecule has 1 amide bonds. The van der Waals surface area contributed by atoms with E-state index in [9.17, 15) is 4.79 Å². The predicted octanol–water partition coefficient (Wildman–Crippen LogP) is 1.44. The van der Waals surface area contributed by atoms with Gasteiger partial charge in [-0.25, -0.2) is 0 Å². The van der Waals surface area contributed by atoms with Gasteiger partial charge in [-0.2, -0.15) is 5.10 Å². The van der Waals surface area contributed by atoms with Gasteiger partial charge in [0, 0.05) is 25.7 Å². The number of anilines is 1. The highest BCUT2D eigenvalue weighted by Crippen LogP contribution is 2.14. The van der Waals surface area contributed by atoms with Gasteiger partial charge in [0.15, 0.2) is 0 Å². The molecule has 5 heteroatoms. The molecule has 3 N–H and O–H groups in total. The van der Waals surface area contributed by atoms with Gasteiger partial charge >= 0.3 is 0 Å². The zero-order chi connectivity index (χ0) is 12.8. The molecule has 0 saturated heterocycles. The molecule has 1 aromatic rings. The van der Waals surface area contributed by atoms with Crippen LogP contribution in [0.15, 0.2) is 6.20 Å². The number of nitrogens with zero attached hydrogens (tertiary/aromatic N) is 2. The third-order valence-electron chi connectivity index (χ3n) is 2.62. The maximum Gasteiger partial charge on any atom is 0.226 e. The number of carbonyl (C=O) groups is 1. The van der Waals surface area contributed by atoms with Crippen LogP contribution in [0.25, 0.3) is 0 Å². The van der Waals surface area contributed by atoms with Crippen molar-refractivity contribution in [1.29, 1.82) is 0 Å². The van der Waals surface area contributed by atoms with Crippen molar-refractivity contribution in [2.45, 2.75) is 45.6 Å². The Morgan fingerprint density at radius 2 is 2.29 bits per heavy atom. The van der Waals surface area contributed by atoms with Gasteiger partial charge in [-0.3, -0.25) is 9.48 Å². The number of aromatic nitrogens is 2. The second kappa shape index (κ2) is 6.39. The van der Waals surface area contributed by atoms with Crippen molar-refractivity contribution in [3.63, 3.8) is 0 Å². The lowest BCUT2D eigenvalue weighted by molar-refractivity contribution is -0.116. The third kappa shape index (κ3) is 4.19. The molecular formula is C12H22N4O. The van der Waals surface area contributed by atoms with Crippen LogP contribution in [0.4, 0.5) is 5.69 Å². The van der Waals surface area contributed by atoms with Gasteiger partial charge in [0.1, 0.15) is 0 Å². The number of aryl methyl sites for hydroxylation is 2. The van der Waals surface area contributed by atoms with E-state index in [4.69, 9.17) is 5.73 Å². The fraction of sp³-hybridized carbons (Fsp3) is 0.667. The van der Waals surface area contributed by atoms with Gasteiger partial charge in [0.05, 0.1) is 11.4 Å². The maximum atomic E-state index is 11.7. The molecule has 0 bridgehead atoms. The van der Waals surface area contributed by atoms with E-state index in [-0.39, 0.29) is 11.9 Å². The van der Waals surface area contributed by atoms with E-state index in [2.05, 4.69) is 17.3 Å². The Labute approximate surface area is 102 Å². The SMILES string of the molecule is CCCC(N)CC(=O)Nc1cn(C)nc1CC. The smallest absolute Gasteiger partial charge is 0.226 e. The van der Waals surface area contributed by atoms with E-state index in [0.29, 0.717) is 6.42 Å². The summed E-state index contributed by atoms with van der Waals surface area (Å²) in [4.78, 5) is 11.7. The van der Waals surface area contributed by atoms with Crippen molar-refractivity contribution >= 4 is 11.6 Å². The Balaban J connectivity index is 2.55. The van der Waals surface area contributed by atoms with Gasteiger partial charge in [-0.1, -0.05) is 20.3 Å². The molecule has 0 aromatic carbocycles. The first-order chi connectivity index (χ1) is 8.06. The summed E-state index contributed by atoms with van der Waals surface area (Å²) in [5, 5.41) is 7.14. The van der Waals surface area contributed by atoms with Crippen LogP contribution in [0.1, 0.15) is 38.8 Å². The molecule has 1 aromatic heterocycles. The second-order valence-electron chi connectivity index (χ2n) is 4.32. The number of nitrogens with one attached hydrogen (secondary N) is 1. The fourth-order valence-corrected chi connectivity index (χ4v) is 1.81. The van der Waals surface area contributed by atoms with Crippen LogP contribution in [0.2, 0.25) is 0 Å². The summed E-state index contributed by atoms with van der Waals surface area (Å²) in [6, 6.07) is -0.0539. The van der Waals surface area contributed by atoms with Crippen molar-refractivity contribution in [1.82, 2.24) is 9.78 Å². The molecular weight excluding hydrogens is 216 g/mol. The molecule has 1 rings (SSSR count). The topological polar surface area (TPSA) is 72.9 Å². The molecule has 0 saturated carbocycles. The minimum absolute atomic E-state index is 0.0337. The summed E-state index contributed by atoms with van der Waals surface area (Å²) in [5.41, 5.74) is 7.54. The van der Waals surface area contributed by atoms with Crippen LogP contribution < -0.4 is 11.1 Å². The lowest BCUT2D eigenvalue weighted by atomic mass is 10.1. The molecule has 1 heterocycles. The van der Waals surface area contributed by atoms with Crippen molar-refractivity contribution in [3.8, 4) is 0 Å². The van der Waals surface area contributed by atoms with Crippen LogP contribution in [-0.4, -0.2) is 21.7 Å². The summed E-state index contributed by atoms with van der Waals surface area (Å²) in [6.45, 7) is 4.08. The van der Waals surface area contributed by atoms with Crippen LogP contribution in [0.5, 0.6) is 0 Å². The summed E-state index contributed by atoms with van der Waals surface area (Å²) in [5.74, 6) is -0.0337. The average molecular weight is 238 g/mol. The molecule has 0 fully saturated rings. The number of carbonyl (C=O) groups excluding carboxylic acids is 1. The summed E-state index contributed by atoms with van der Waals surface area (Å²) >= 11 is 0. The Hall–Kier alpha value is -1.36. The fourth-order valence-electron chi connectivity index (χ4n) is 1.81. The molecule has 0 aliphatic rings. The molecule has 0 aliphatic heterocycles. The zero-order valence-corrected chi connectivity index (χ0v) is 10.9. The lowest BCUT2D eigenvalue weighted by Crippen LogP contribution is -2.27. The lowest BCUT2D eigenvalue weighted by Gasteiger charge is -2.10. The minimum Gasteiger partial charge on any atom is -0.327 e. The van der Waals surface area contributed by atoms with E-state index < -0.39 is 0 Å². The Morgan fingerprint density at radius 1 is 1.59 bits per heavy atom. The van der Waals surface area contributed by atoms with Crippen molar-refractivity contribution in [2.75, 3.05) is 5.32 Å². The average Bonchev–Trinajstić information content (AvgIpc) is 2.58. The van der Waals surface area contributed by atoms with E-state index in [1.807, 2.05) is 20.2 Å². The third-order valence-corrected chi connectivity index (χ3v) is 2.62. The predicted molar refractivity (Wildman–Crippen MR) is 68.7 cm³/mol. The second-order valence-corrected chi connectivity index (χ2v) is 4.32.